The van der Waals surface area contributed by atoms with Crippen molar-refractivity contribution in [2.45, 2.75) is 55.6 Å². The summed E-state index contributed by atoms with van der Waals surface area (Å²) in [6, 6.07) is 7.33. The number of benzene rings is 1. The van der Waals surface area contributed by atoms with Crippen LogP contribution in [0.5, 0.6) is 0 Å². The first-order chi connectivity index (χ1) is 14.1. The van der Waals surface area contributed by atoms with Gasteiger partial charge in [0.15, 0.2) is 0 Å². The van der Waals surface area contributed by atoms with E-state index in [1.54, 1.807) is 12.1 Å². The van der Waals surface area contributed by atoms with Crippen LogP contribution in [-0.4, -0.2) is 43.9 Å². The monoisotopic (exact) mass is 443 g/mol. The van der Waals surface area contributed by atoms with Crippen LogP contribution >= 0.6 is 0 Å². The van der Waals surface area contributed by atoms with E-state index in [0.29, 0.717) is 12.8 Å². The van der Waals surface area contributed by atoms with Crippen LogP contribution in [0.15, 0.2) is 29.2 Å². The highest BCUT2D eigenvalue weighted by Gasteiger charge is 2.43. The summed E-state index contributed by atoms with van der Waals surface area (Å²) in [6.07, 6.45) is -2.74. The molecule has 1 aliphatic carbocycles. The molecule has 1 amide bonds. The van der Waals surface area contributed by atoms with Gasteiger partial charge in [0, 0.05) is 25.0 Å². The molecule has 10 heteroatoms. The van der Waals surface area contributed by atoms with Crippen molar-refractivity contribution in [1.82, 2.24) is 9.62 Å². The molecule has 3 rings (SSSR count). The molecular weight excluding hydrogens is 419 g/mol. The van der Waals surface area contributed by atoms with E-state index in [0.717, 1.165) is 0 Å². The van der Waals surface area contributed by atoms with Crippen LogP contribution in [0.3, 0.4) is 0 Å². The number of piperidine rings is 1. The summed E-state index contributed by atoms with van der Waals surface area (Å²) in [5.41, 5.74) is 0.0638. The van der Waals surface area contributed by atoms with E-state index in [2.05, 4.69) is 5.32 Å². The lowest BCUT2D eigenvalue weighted by molar-refractivity contribution is -0.184. The molecule has 1 aliphatic heterocycles. The Labute approximate surface area is 174 Å². The standard InChI is InChI=1S/C20H24F3N3O3S/c21-20(22,23)16-5-3-6-17(12-16)25-19(27)14-8-10-26(11-9-14)30(28,29)18-7-2-1-4-15(18)13-24/h1-2,4,7,14,16-17H,3,5-6,8-12H2,(H,25,27). The Bertz CT molecular complexity index is 919. The van der Waals surface area contributed by atoms with E-state index in [1.165, 1.54) is 16.4 Å². The zero-order valence-corrected chi connectivity index (χ0v) is 17.2. The zero-order chi connectivity index (χ0) is 21.9. The van der Waals surface area contributed by atoms with Crippen LogP contribution < -0.4 is 5.32 Å². The maximum Gasteiger partial charge on any atom is 0.391 e. The van der Waals surface area contributed by atoms with Gasteiger partial charge < -0.3 is 5.32 Å². The number of rotatable bonds is 4. The molecular formula is C20H24F3N3O3S. The Balaban J connectivity index is 1.58. The minimum atomic E-state index is -4.25. The number of nitrogens with zero attached hydrogens (tertiary/aromatic N) is 2. The number of carbonyl (C=O) groups is 1. The van der Waals surface area contributed by atoms with E-state index >= 15 is 0 Å². The number of alkyl halides is 3. The third-order valence-corrected chi connectivity index (χ3v) is 7.89. The molecule has 2 unspecified atom stereocenters. The number of nitriles is 1. The van der Waals surface area contributed by atoms with Gasteiger partial charge in [0.2, 0.25) is 15.9 Å². The minimum absolute atomic E-state index is 0.0594. The van der Waals surface area contributed by atoms with Crippen molar-refractivity contribution in [3.05, 3.63) is 29.8 Å². The maximum atomic E-state index is 13.0. The van der Waals surface area contributed by atoms with Crippen LogP contribution in [0.25, 0.3) is 0 Å². The predicted octanol–water partition coefficient (Wildman–Crippen LogP) is 3.20. The zero-order valence-electron chi connectivity index (χ0n) is 16.4. The number of sulfonamides is 1. The molecule has 1 aromatic rings. The fraction of sp³-hybridized carbons (Fsp3) is 0.600. The van der Waals surface area contributed by atoms with E-state index in [4.69, 9.17) is 5.26 Å². The molecule has 0 bridgehead atoms. The second-order valence-electron chi connectivity index (χ2n) is 7.90. The van der Waals surface area contributed by atoms with Crippen molar-refractivity contribution < 1.29 is 26.4 Å². The molecule has 1 aromatic carbocycles. The van der Waals surface area contributed by atoms with Crippen molar-refractivity contribution in [1.29, 1.82) is 5.26 Å². The first kappa shape index (κ1) is 22.6. The first-order valence-electron chi connectivity index (χ1n) is 9.99. The highest BCUT2D eigenvalue weighted by Crippen LogP contribution is 2.37. The van der Waals surface area contributed by atoms with Crippen molar-refractivity contribution >= 4 is 15.9 Å². The lowest BCUT2D eigenvalue weighted by Gasteiger charge is -2.34. The average molecular weight is 443 g/mol. The fourth-order valence-corrected chi connectivity index (χ4v) is 5.83. The Morgan fingerprint density at radius 3 is 2.43 bits per heavy atom. The largest absolute Gasteiger partial charge is 0.391 e. The normalized spacial score (nSPS) is 24.2. The van der Waals surface area contributed by atoms with E-state index < -0.39 is 34.1 Å². The number of nitrogens with one attached hydrogen (secondary N) is 1. The SMILES string of the molecule is N#Cc1ccccc1S(=O)(=O)N1CCC(C(=O)NC2CCCC(C(F)(F)F)C2)CC1. The van der Waals surface area contributed by atoms with Gasteiger partial charge in [0.05, 0.1) is 16.4 Å². The predicted molar refractivity (Wildman–Crippen MR) is 103 cm³/mol. The Morgan fingerprint density at radius 1 is 1.13 bits per heavy atom. The molecule has 1 saturated carbocycles. The van der Waals surface area contributed by atoms with Gasteiger partial charge in [-0.15, -0.1) is 0 Å². The molecule has 0 aromatic heterocycles. The van der Waals surface area contributed by atoms with E-state index in [-0.39, 0.29) is 55.1 Å². The van der Waals surface area contributed by atoms with Gasteiger partial charge in [-0.2, -0.15) is 22.7 Å². The van der Waals surface area contributed by atoms with Crippen LogP contribution in [0.2, 0.25) is 0 Å². The minimum Gasteiger partial charge on any atom is -0.353 e. The number of carbonyl (C=O) groups excluding carboxylic acids is 1. The van der Waals surface area contributed by atoms with Crippen LogP contribution in [0.1, 0.15) is 44.1 Å². The molecule has 2 fully saturated rings. The topological polar surface area (TPSA) is 90.3 Å². The lowest BCUT2D eigenvalue weighted by Crippen LogP contribution is -2.47. The molecule has 1 heterocycles. The van der Waals surface area contributed by atoms with Crippen molar-refractivity contribution in [2.75, 3.05) is 13.1 Å². The molecule has 0 radical (unpaired) electrons. The molecule has 1 saturated heterocycles. The van der Waals surface area contributed by atoms with Crippen molar-refractivity contribution in [3.63, 3.8) is 0 Å². The van der Waals surface area contributed by atoms with Gasteiger partial charge in [0.1, 0.15) is 6.07 Å². The van der Waals surface area contributed by atoms with Gasteiger partial charge >= 0.3 is 6.18 Å². The van der Waals surface area contributed by atoms with Crippen LogP contribution in [-0.2, 0) is 14.8 Å². The molecule has 30 heavy (non-hydrogen) atoms. The summed E-state index contributed by atoms with van der Waals surface area (Å²) in [6.45, 7) is 0.242. The first-order valence-corrected chi connectivity index (χ1v) is 11.4. The lowest BCUT2D eigenvalue weighted by atomic mass is 9.84. The number of halogens is 3. The molecule has 1 N–H and O–H groups in total. The van der Waals surface area contributed by atoms with Gasteiger partial charge in [-0.05, 0) is 44.2 Å². The summed E-state index contributed by atoms with van der Waals surface area (Å²) in [5, 5.41) is 11.9. The Hall–Kier alpha value is -2.12. The Kier molecular flexibility index (Phi) is 6.72. The molecule has 6 nitrogen and oxygen atoms in total. The van der Waals surface area contributed by atoms with E-state index in [9.17, 15) is 26.4 Å². The highest BCUT2D eigenvalue weighted by atomic mass is 32.2. The summed E-state index contributed by atoms with van der Waals surface area (Å²) in [7, 11) is -3.85. The highest BCUT2D eigenvalue weighted by molar-refractivity contribution is 7.89. The van der Waals surface area contributed by atoms with Crippen LogP contribution in [0, 0.1) is 23.2 Å². The summed E-state index contributed by atoms with van der Waals surface area (Å²) in [5.74, 6) is -2.13. The van der Waals surface area contributed by atoms with Gasteiger partial charge in [-0.3, -0.25) is 4.79 Å². The molecule has 2 atom stereocenters. The third-order valence-electron chi connectivity index (χ3n) is 5.93. The number of amides is 1. The Morgan fingerprint density at radius 2 is 1.80 bits per heavy atom. The van der Waals surface area contributed by atoms with E-state index in [1.807, 2.05) is 6.07 Å². The second kappa shape index (κ2) is 8.94. The average Bonchev–Trinajstić information content (AvgIpc) is 2.73. The fourth-order valence-electron chi connectivity index (χ4n) is 4.22. The summed E-state index contributed by atoms with van der Waals surface area (Å²) in [4.78, 5) is 12.5. The van der Waals surface area contributed by atoms with Crippen LogP contribution in [0.4, 0.5) is 13.2 Å². The molecule has 164 valence electrons. The number of hydrogen-bond acceptors (Lipinski definition) is 4. The summed E-state index contributed by atoms with van der Waals surface area (Å²) < 4.78 is 65.9. The second-order valence-corrected chi connectivity index (χ2v) is 9.80. The van der Waals surface area contributed by atoms with Gasteiger partial charge in [-0.25, -0.2) is 8.42 Å². The summed E-state index contributed by atoms with van der Waals surface area (Å²) >= 11 is 0. The van der Waals surface area contributed by atoms with Crippen molar-refractivity contribution in [2.24, 2.45) is 11.8 Å². The smallest absolute Gasteiger partial charge is 0.353 e. The quantitative estimate of drug-likeness (QED) is 0.774. The van der Waals surface area contributed by atoms with Crippen molar-refractivity contribution in [3.8, 4) is 6.07 Å². The maximum absolute atomic E-state index is 13.0. The molecule has 2 aliphatic rings. The molecule has 0 spiro atoms. The van der Waals surface area contributed by atoms with Gasteiger partial charge in [0.25, 0.3) is 0 Å². The van der Waals surface area contributed by atoms with Gasteiger partial charge in [-0.1, -0.05) is 18.6 Å². The third kappa shape index (κ3) is 4.95. The number of hydrogen-bond donors (Lipinski definition) is 1.